The van der Waals surface area contributed by atoms with Gasteiger partial charge in [-0.1, -0.05) is 19.1 Å². The van der Waals surface area contributed by atoms with Gasteiger partial charge in [-0.2, -0.15) is 0 Å². The Morgan fingerprint density at radius 3 is 2.00 bits per heavy atom. The van der Waals surface area contributed by atoms with E-state index in [0.29, 0.717) is 6.42 Å². The number of allylic oxidation sites excluding steroid dienone is 2. The summed E-state index contributed by atoms with van der Waals surface area (Å²) in [5.74, 6) is 0. The van der Waals surface area contributed by atoms with E-state index in [1.807, 2.05) is 6.92 Å². The lowest BCUT2D eigenvalue weighted by atomic mass is 9.88. The van der Waals surface area contributed by atoms with Crippen molar-refractivity contribution in [2.24, 2.45) is 5.41 Å². The first-order valence-corrected chi connectivity index (χ1v) is 3.06. The van der Waals surface area contributed by atoms with E-state index in [-0.39, 0.29) is 12.0 Å². The molecule has 0 spiro atoms. The summed E-state index contributed by atoms with van der Waals surface area (Å²) < 4.78 is 0. The molecule has 52 valence electrons. The molecule has 0 bridgehead atoms. The molecule has 1 heteroatoms. The standard InChI is InChI=1S/C8H14O/c1-4-8(3,5-2)6-7-9/h4-5,9H,1-2,6-7H2,3H3. The molecule has 9 heavy (non-hydrogen) atoms. The summed E-state index contributed by atoms with van der Waals surface area (Å²) in [6.07, 6.45) is 4.31. The van der Waals surface area contributed by atoms with Crippen molar-refractivity contribution >= 4 is 0 Å². The van der Waals surface area contributed by atoms with Crippen molar-refractivity contribution < 1.29 is 5.11 Å². The summed E-state index contributed by atoms with van der Waals surface area (Å²) in [5.41, 5.74) is -0.0885. The molecule has 1 N–H and O–H groups in total. The molecule has 0 aromatic heterocycles. The molecule has 1 nitrogen and oxygen atoms in total. The van der Waals surface area contributed by atoms with E-state index < -0.39 is 0 Å². The number of rotatable bonds is 4. The smallest absolute Gasteiger partial charge is 0.0442 e. The van der Waals surface area contributed by atoms with Gasteiger partial charge < -0.3 is 5.11 Å². The van der Waals surface area contributed by atoms with Crippen LogP contribution in [-0.4, -0.2) is 11.7 Å². The van der Waals surface area contributed by atoms with Gasteiger partial charge in [0, 0.05) is 12.0 Å². The minimum Gasteiger partial charge on any atom is -0.396 e. The Bertz CT molecular complexity index is 97.1. The van der Waals surface area contributed by atoms with E-state index in [2.05, 4.69) is 13.2 Å². The number of aliphatic hydroxyl groups is 1. The predicted molar refractivity (Wildman–Crippen MR) is 40.2 cm³/mol. The Morgan fingerprint density at radius 1 is 1.44 bits per heavy atom. The Kier molecular flexibility index (Phi) is 3.25. The van der Waals surface area contributed by atoms with Gasteiger partial charge in [-0.15, -0.1) is 13.2 Å². The molecule has 0 aliphatic rings. The Labute approximate surface area is 56.7 Å². The second kappa shape index (κ2) is 3.46. The van der Waals surface area contributed by atoms with E-state index >= 15 is 0 Å². The lowest BCUT2D eigenvalue weighted by molar-refractivity contribution is 0.253. The summed E-state index contributed by atoms with van der Waals surface area (Å²) in [4.78, 5) is 0. The number of hydrogen-bond acceptors (Lipinski definition) is 1. The summed E-state index contributed by atoms with van der Waals surface area (Å²) >= 11 is 0. The van der Waals surface area contributed by atoms with Crippen molar-refractivity contribution in [3.8, 4) is 0 Å². The van der Waals surface area contributed by atoms with Gasteiger partial charge in [-0.05, 0) is 6.42 Å². The van der Waals surface area contributed by atoms with Crippen LogP contribution in [0.15, 0.2) is 25.3 Å². The van der Waals surface area contributed by atoms with Crippen LogP contribution in [0.1, 0.15) is 13.3 Å². The molecule has 0 atom stereocenters. The topological polar surface area (TPSA) is 20.2 Å². The van der Waals surface area contributed by atoms with Gasteiger partial charge in [0.25, 0.3) is 0 Å². The first kappa shape index (κ1) is 8.44. The molecule has 0 fully saturated rings. The lowest BCUT2D eigenvalue weighted by Crippen LogP contribution is -2.10. The van der Waals surface area contributed by atoms with Crippen LogP contribution in [0.2, 0.25) is 0 Å². The molecule has 0 aromatic carbocycles. The summed E-state index contributed by atoms with van der Waals surface area (Å²) in [7, 11) is 0. The molecular formula is C8H14O. The van der Waals surface area contributed by atoms with Crippen LogP contribution in [0.25, 0.3) is 0 Å². The van der Waals surface area contributed by atoms with E-state index in [4.69, 9.17) is 5.11 Å². The molecule has 0 aromatic rings. The second-order valence-corrected chi connectivity index (χ2v) is 2.39. The minimum absolute atomic E-state index is 0.0885. The number of hydrogen-bond donors (Lipinski definition) is 1. The maximum Gasteiger partial charge on any atom is 0.0442 e. The van der Waals surface area contributed by atoms with Crippen LogP contribution in [0.4, 0.5) is 0 Å². The molecule has 0 rings (SSSR count). The summed E-state index contributed by atoms with van der Waals surface area (Å²) in [6, 6.07) is 0. The monoisotopic (exact) mass is 126 g/mol. The molecule has 0 unspecified atom stereocenters. The molecule has 0 saturated heterocycles. The third kappa shape index (κ3) is 2.47. The highest BCUT2D eigenvalue weighted by Gasteiger charge is 2.13. The second-order valence-electron chi connectivity index (χ2n) is 2.39. The average Bonchev–Trinajstić information content (AvgIpc) is 1.89. The van der Waals surface area contributed by atoms with Gasteiger partial charge in [0.15, 0.2) is 0 Å². The van der Waals surface area contributed by atoms with E-state index in [0.717, 1.165) is 0 Å². The van der Waals surface area contributed by atoms with E-state index in [1.54, 1.807) is 12.2 Å². The Hall–Kier alpha value is -0.560. The highest BCUT2D eigenvalue weighted by Crippen LogP contribution is 2.22. The normalized spacial score (nSPS) is 10.9. The first-order chi connectivity index (χ1) is 4.18. The van der Waals surface area contributed by atoms with Crippen LogP contribution in [0, 0.1) is 5.41 Å². The maximum absolute atomic E-state index is 8.57. The van der Waals surface area contributed by atoms with Crippen molar-refractivity contribution in [3.05, 3.63) is 25.3 Å². The fraction of sp³-hybridized carbons (Fsp3) is 0.500. The van der Waals surface area contributed by atoms with Gasteiger partial charge >= 0.3 is 0 Å². The van der Waals surface area contributed by atoms with Crippen molar-refractivity contribution in [2.75, 3.05) is 6.61 Å². The third-order valence-corrected chi connectivity index (χ3v) is 1.58. The van der Waals surface area contributed by atoms with Crippen LogP contribution in [0.3, 0.4) is 0 Å². The molecular weight excluding hydrogens is 112 g/mol. The van der Waals surface area contributed by atoms with Crippen LogP contribution in [0.5, 0.6) is 0 Å². The van der Waals surface area contributed by atoms with E-state index in [1.165, 1.54) is 0 Å². The fourth-order valence-electron chi connectivity index (χ4n) is 0.528. The molecule has 0 amide bonds. The SMILES string of the molecule is C=CC(C)(C=C)CCO. The van der Waals surface area contributed by atoms with Crippen molar-refractivity contribution in [1.82, 2.24) is 0 Å². The van der Waals surface area contributed by atoms with Crippen molar-refractivity contribution in [2.45, 2.75) is 13.3 Å². The zero-order valence-corrected chi connectivity index (χ0v) is 5.93. The summed E-state index contributed by atoms with van der Waals surface area (Å²) in [6.45, 7) is 9.46. The predicted octanol–water partition coefficient (Wildman–Crippen LogP) is 1.75. The van der Waals surface area contributed by atoms with Gasteiger partial charge in [-0.3, -0.25) is 0 Å². The van der Waals surface area contributed by atoms with Crippen molar-refractivity contribution in [1.29, 1.82) is 0 Å². The molecule has 0 aliphatic carbocycles. The zero-order valence-electron chi connectivity index (χ0n) is 5.93. The van der Waals surface area contributed by atoms with Gasteiger partial charge in [-0.25, -0.2) is 0 Å². The van der Waals surface area contributed by atoms with Crippen LogP contribution in [-0.2, 0) is 0 Å². The van der Waals surface area contributed by atoms with Gasteiger partial charge in [0.05, 0.1) is 0 Å². The Balaban J connectivity index is 3.91. The van der Waals surface area contributed by atoms with Gasteiger partial charge in [0.1, 0.15) is 0 Å². The fourth-order valence-corrected chi connectivity index (χ4v) is 0.528. The average molecular weight is 126 g/mol. The van der Waals surface area contributed by atoms with Crippen molar-refractivity contribution in [3.63, 3.8) is 0 Å². The molecule has 0 saturated carbocycles. The lowest BCUT2D eigenvalue weighted by Gasteiger charge is -2.18. The third-order valence-electron chi connectivity index (χ3n) is 1.58. The highest BCUT2D eigenvalue weighted by atomic mass is 16.3. The summed E-state index contributed by atoms with van der Waals surface area (Å²) in [5, 5.41) is 8.57. The number of aliphatic hydroxyl groups excluding tert-OH is 1. The highest BCUT2D eigenvalue weighted by molar-refractivity contribution is 5.03. The largest absolute Gasteiger partial charge is 0.396 e. The van der Waals surface area contributed by atoms with Gasteiger partial charge in [0.2, 0.25) is 0 Å². The van der Waals surface area contributed by atoms with Crippen LogP contribution < -0.4 is 0 Å². The molecule has 0 radical (unpaired) electrons. The molecule has 0 heterocycles. The quantitative estimate of drug-likeness (QED) is 0.569. The Morgan fingerprint density at radius 2 is 1.89 bits per heavy atom. The van der Waals surface area contributed by atoms with Crippen LogP contribution >= 0.6 is 0 Å². The zero-order chi connectivity index (χ0) is 7.33. The minimum atomic E-state index is -0.0885. The first-order valence-electron chi connectivity index (χ1n) is 3.06. The maximum atomic E-state index is 8.57. The molecule has 0 aliphatic heterocycles. The van der Waals surface area contributed by atoms with E-state index in [9.17, 15) is 0 Å².